The molecule has 0 amide bonds. The lowest BCUT2D eigenvalue weighted by atomic mass is 10.3. The van der Waals surface area contributed by atoms with Crippen molar-refractivity contribution in [2.75, 3.05) is 17.2 Å². The topological polar surface area (TPSA) is 42.2 Å². The minimum absolute atomic E-state index is 0.687. The number of nitrogens with two attached hydrogens (primary N) is 1. The molecular weight excluding hydrogens is 174 g/mol. The number of anilines is 2. The highest BCUT2D eigenvalue weighted by Crippen LogP contribution is 2.33. The first kappa shape index (κ1) is 9.31. The normalized spacial score (nSPS) is 15.5. The Balaban J connectivity index is 2.21. The van der Waals surface area contributed by atoms with E-state index in [1.807, 2.05) is 18.3 Å². The quantitative estimate of drug-likeness (QED) is 0.792. The van der Waals surface area contributed by atoms with Gasteiger partial charge >= 0.3 is 0 Å². The fourth-order valence-electron chi connectivity index (χ4n) is 1.74. The van der Waals surface area contributed by atoms with Crippen molar-refractivity contribution in [1.82, 2.24) is 4.98 Å². The van der Waals surface area contributed by atoms with E-state index in [1.54, 1.807) is 0 Å². The van der Waals surface area contributed by atoms with Gasteiger partial charge in [0, 0.05) is 18.8 Å². The van der Waals surface area contributed by atoms with Crippen molar-refractivity contribution in [2.45, 2.75) is 32.2 Å². The van der Waals surface area contributed by atoms with Crippen LogP contribution in [-0.2, 0) is 0 Å². The minimum Gasteiger partial charge on any atom is -0.396 e. The molecule has 0 spiro atoms. The number of nitrogen functional groups attached to an aromatic ring is 1. The van der Waals surface area contributed by atoms with E-state index in [2.05, 4.69) is 16.8 Å². The first-order chi connectivity index (χ1) is 6.83. The first-order valence-electron chi connectivity index (χ1n) is 5.30. The summed E-state index contributed by atoms with van der Waals surface area (Å²) < 4.78 is 0. The van der Waals surface area contributed by atoms with Crippen LogP contribution in [0.25, 0.3) is 0 Å². The molecule has 0 bridgehead atoms. The predicted molar refractivity (Wildman–Crippen MR) is 59.3 cm³/mol. The summed E-state index contributed by atoms with van der Waals surface area (Å²) in [5.74, 6) is 0.969. The molecule has 14 heavy (non-hydrogen) atoms. The number of nitrogens with zero attached hydrogens (tertiary/aromatic N) is 2. The first-order valence-corrected chi connectivity index (χ1v) is 5.30. The Labute approximate surface area is 84.9 Å². The molecule has 1 aromatic heterocycles. The highest BCUT2D eigenvalue weighted by Gasteiger charge is 2.30. The highest BCUT2D eigenvalue weighted by atomic mass is 15.2. The van der Waals surface area contributed by atoms with Gasteiger partial charge in [-0.05, 0) is 31.4 Å². The molecule has 1 fully saturated rings. The van der Waals surface area contributed by atoms with Gasteiger partial charge in [0.05, 0.1) is 5.69 Å². The highest BCUT2D eigenvalue weighted by molar-refractivity contribution is 5.63. The van der Waals surface area contributed by atoms with Crippen LogP contribution in [0.4, 0.5) is 11.5 Å². The van der Waals surface area contributed by atoms with E-state index in [-0.39, 0.29) is 0 Å². The average molecular weight is 191 g/mol. The fraction of sp³-hybridized carbons (Fsp3) is 0.545. The zero-order chi connectivity index (χ0) is 9.97. The van der Waals surface area contributed by atoms with Crippen LogP contribution < -0.4 is 10.6 Å². The zero-order valence-electron chi connectivity index (χ0n) is 8.61. The maximum Gasteiger partial charge on any atom is 0.152 e. The zero-order valence-corrected chi connectivity index (χ0v) is 8.61. The summed E-state index contributed by atoms with van der Waals surface area (Å²) in [7, 11) is 0. The fourth-order valence-corrected chi connectivity index (χ4v) is 1.74. The van der Waals surface area contributed by atoms with Crippen LogP contribution in [0.5, 0.6) is 0 Å². The van der Waals surface area contributed by atoms with Gasteiger partial charge in [-0.3, -0.25) is 0 Å². The molecule has 2 N–H and O–H groups in total. The Morgan fingerprint density at radius 1 is 1.57 bits per heavy atom. The molecular formula is C11H17N3. The van der Waals surface area contributed by atoms with Crippen molar-refractivity contribution in [1.29, 1.82) is 0 Å². The van der Waals surface area contributed by atoms with Crippen molar-refractivity contribution in [3.8, 4) is 0 Å². The molecule has 0 aliphatic heterocycles. The summed E-state index contributed by atoms with van der Waals surface area (Å²) in [6, 6.07) is 4.50. The van der Waals surface area contributed by atoms with E-state index >= 15 is 0 Å². The molecule has 1 saturated carbocycles. The third kappa shape index (κ3) is 1.81. The molecule has 1 aliphatic rings. The van der Waals surface area contributed by atoms with Crippen LogP contribution >= 0.6 is 0 Å². The number of aromatic nitrogens is 1. The van der Waals surface area contributed by atoms with Gasteiger partial charge in [0.25, 0.3) is 0 Å². The van der Waals surface area contributed by atoms with Crippen LogP contribution in [0.2, 0.25) is 0 Å². The van der Waals surface area contributed by atoms with Gasteiger partial charge in [0.15, 0.2) is 5.82 Å². The Morgan fingerprint density at radius 3 is 2.93 bits per heavy atom. The smallest absolute Gasteiger partial charge is 0.152 e. The van der Waals surface area contributed by atoms with Gasteiger partial charge in [-0.2, -0.15) is 0 Å². The van der Waals surface area contributed by atoms with E-state index < -0.39 is 0 Å². The maximum atomic E-state index is 5.91. The van der Waals surface area contributed by atoms with E-state index in [0.29, 0.717) is 6.04 Å². The van der Waals surface area contributed by atoms with Gasteiger partial charge < -0.3 is 10.6 Å². The van der Waals surface area contributed by atoms with Crippen LogP contribution in [-0.4, -0.2) is 17.6 Å². The van der Waals surface area contributed by atoms with Crippen molar-refractivity contribution in [3.05, 3.63) is 18.3 Å². The molecule has 1 heterocycles. The van der Waals surface area contributed by atoms with Crippen LogP contribution in [0.15, 0.2) is 18.3 Å². The lowest BCUT2D eigenvalue weighted by Gasteiger charge is -2.23. The second kappa shape index (κ2) is 3.86. The van der Waals surface area contributed by atoms with Gasteiger partial charge in [0.1, 0.15) is 0 Å². The van der Waals surface area contributed by atoms with Gasteiger partial charge in [-0.15, -0.1) is 0 Å². The summed E-state index contributed by atoms with van der Waals surface area (Å²) >= 11 is 0. The number of pyridine rings is 1. The summed E-state index contributed by atoms with van der Waals surface area (Å²) in [6.07, 6.45) is 5.54. The SMILES string of the molecule is CCCN(c1ncccc1N)C1CC1. The monoisotopic (exact) mass is 191 g/mol. The lowest BCUT2D eigenvalue weighted by Crippen LogP contribution is -2.28. The molecule has 0 atom stereocenters. The second-order valence-electron chi connectivity index (χ2n) is 3.84. The molecule has 0 unspecified atom stereocenters. The third-order valence-corrected chi connectivity index (χ3v) is 2.54. The Morgan fingerprint density at radius 2 is 2.36 bits per heavy atom. The minimum atomic E-state index is 0.687. The van der Waals surface area contributed by atoms with Crippen molar-refractivity contribution >= 4 is 11.5 Å². The molecule has 0 saturated heterocycles. The number of hydrogen-bond donors (Lipinski definition) is 1. The van der Waals surface area contributed by atoms with E-state index in [4.69, 9.17) is 5.73 Å². The van der Waals surface area contributed by atoms with Gasteiger partial charge in [0.2, 0.25) is 0 Å². The Kier molecular flexibility index (Phi) is 2.57. The standard InChI is InChI=1S/C11H17N3/c1-2-8-14(9-5-6-9)11-10(12)4-3-7-13-11/h3-4,7,9H,2,5-6,8,12H2,1H3. The molecule has 0 radical (unpaired) electrons. The third-order valence-electron chi connectivity index (χ3n) is 2.54. The van der Waals surface area contributed by atoms with Gasteiger partial charge in [-0.1, -0.05) is 6.92 Å². The Bertz CT molecular complexity index is 307. The van der Waals surface area contributed by atoms with Crippen LogP contribution in [0, 0.1) is 0 Å². The molecule has 1 aromatic rings. The van der Waals surface area contributed by atoms with E-state index in [1.165, 1.54) is 12.8 Å². The van der Waals surface area contributed by atoms with Crippen molar-refractivity contribution in [2.24, 2.45) is 0 Å². The molecule has 3 nitrogen and oxygen atoms in total. The Hall–Kier alpha value is -1.25. The predicted octanol–water partition coefficient (Wildman–Crippen LogP) is 2.04. The maximum absolute atomic E-state index is 5.91. The van der Waals surface area contributed by atoms with Crippen molar-refractivity contribution in [3.63, 3.8) is 0 Å². The molecule has 2 rings (SSSR count). The van der Waals surface area contributed by atoms with E-state index in [9.17, 15) is 0 Å². The molecule has 76 valence electrons. The number of rotatable bonds is 4. The van der Waals surface area contributed by atoms with Crippen molar-refractivity contribution < 1.29 is 0 Å². The van der Waals surface area contributed by atoms with Gasteiger partial charge in [-0.25, -0.2) is 4.98 Å². The molecule has 1 aliphatic carbocycles. The second-order valence-corrected chi connectivity index (χ2v) is 3.84. The lowest BCUT2D eigenvalue weighted by molar-refractivity contribution is 0.752. The summed E-state index contributed by atoms with van der Waals surface area (Å²) in [5.41, 5.74) is 6.71. The summed E-state index contributed by atoms with van der Waals surface area (Å²) in [6.45, 7) is 3.25. The van der Waals surface area contributed by atoms with Crippen LogP contribution in [0.3, 0.4) is 0 Å². The van der Waals surface area contributed by atoms with E-state index in [0.717, 1.165) is 24.5 Å². The molecule has 0 aromatic carbocycles. The average Bonchev–Trinajstić information content (AvgIpc) is 2.99. The largest absolute Gasteiger partial charge is 0.396 e. The number of hydrogen-bond acceptors (Lipinski definition) is 3. The summed E-state index contributed by atoms with van der Waals surface area (Å²) in [5, 5.41) is 0. The summed E-state index contributed by atoms with van der Waals surface area (Å²) in [4.78, 5) is 6.70. The van der Waals surface area contributed by atoms with Crippen LogP contribution in [0.1, 0.15) is 26.2 Å². The molecule has 3 heteroatoms.